The van der Waals surface area contributed by atoms with Gasteiger partial charge in [-0.05, 0) is 29.9 Å². The molecule has 0 bridgehead atoms. The van der Waals surface area contributed by atoms with E-state index in [1.54, 1.807) is 11.3 Å². The maximum absolute atomic E-state index is 13.0. The lowest BCUT2D eigenvalue weighted by molar-refractivity contribution is -0.119. The Labute approximate surface area is 196 Å². The van der Waals surface area contributed by atoms with Gasteiger partial charge in [-0.25, -0.2) is 4.79 Å². The van der Waals surface area contributed by atoms with E-state index in [4.69, 9.17) is 0 Å². The number of hydrogen-bond donors (Lipinski definition) is 2. The number of aromatic nitrogens is 3. The van der Waals surface area contributed by atoms with Crippen molar-refractivity contribution in [2.24, 2.45) is 0 Å². The second-order valence-electron chi connectivity index (χ2n) is 7.79. The summed E-state index contributed by atoms with van der Waals surface area (Å²) in [7, 11) is 1.49. The van der Waals surface area contributed by atoms with E-state index in [-0.39, 0.29) is 5.91 Å². The van der Waals surface area contributed by atoms with Crippen molar-refractivity contribution in [2.75, 3.05) is 7.05 Å². The Morgan fingerprint density at radius 1 is 1.12 bits per heavy atom. The first-order chi connectivity index (χ1) is 15.7. The molecule has 2 N–H and O–H groups in total. The van der Waals surface area contributed by atoms with Crippen molar-refractivity contribution in [3.8, 4) is 0 Å². The Morgan fingerprint density at radius 2 is 1.91 bits per heavy atom. The molecular formula is C23H27N5O2S2. The van der Waals surface area contributed by atoms with E-state index in [1.165, 1.54) is 42.9 Å². The van der Waals surface area contributed by atoms with E-state index in [9.17, 15) is 9.59 Å². The van der Waals surface area contributed by atoms with Crippen LogP contribution in [0.25, 0.3) is 0 Å². The normalized spacial score (nSPS) is 15.3. The maximum atomic E-state index is 13.0. The predicted octanol–water partition coefficient (Wildman–Crippen LogP) is 4.72. The SMILES string of the molecule is CNC(=O)NC(=O)C(Sc1nnc(Cc2cccs2)n1C1CCCCC1)c1ccccc1. The number of nitrogens with zero attached hydrogens (tertiary/aromatic N) is 3. The smallest absolute Gasteiger partial charge is 0.321 e. The van der Waals surface area contributed by atoms with Gasteiger partial charge in [0.2, 0.25) is 5.91 Å². The van der Waals surface area contributed by atoms with Crippen molar-refractivity contribution in [1.29, 1.82) is 0 Å². The highest BCUT2D eigenvalue weighted by Crippen LogP contribution is 2.39. The Bertz CT molecular complexity index is 1030. The first-order valence-corrected chi connectivity index (χ1v) is 12.6. The number of hydrogen-bond acceptors (Lipinski definition) is 6. The molecule has 3 amide bonds. The standard InChI is InChI=1S/C23H27N5O2S2/c1-24-22(30)25-21(29)20(16-9-4-2-5-10-16)32-23-27-26-19(15-18-13-8-14-31-18)28(23)17-11-6-3-7-12-17/h2,4-5,8-10,13-14,17,20H,3,6-7,11-12,15H2,1H3,(H2,24,25,29,30). The Hall–Kier alpha value is -2.65. The first kappa shape index (κ1) is 22.5. The first-order valence-electron chi connectivity index (χ1n) is 10.9. The minimum Gasteiger partial charge on any atom is -0.341 e. The average molecular weight is 470 g/mol. The summed E-state index contributed by atoms with van der Waals surface area (Å²) in [6.07, 6.45) is 6.52. The number of benzene rings is 1. The number of carbonyl (C=O) groups is 2. The molecule has 1 aliphatic rings. The van der Waals surface area contributed by atoms with Crippen molar-refractivity contribution in [2.45, 2.75) is 55.0 Å². The minimum atomic E-state index is -0.616. The molecule has 7 nitrogen and oxygen atoms in total. The van der Waals surface area contributed by atoms with Gasteiger partial charge in [0.15, 0.2) is 5.16 Å². The summed E-state index contributed by atoms with van der Waals surface area (Å²) in [6, 6.07) is 13.5. The lowest BCUT2D eigenvalue weighted by Crippen LogP contribution is -2.39. The summed E-state index contributed by atoms with van der Waals surface area (Å²) in [6.45, 7) is 0. The van der Waals surface area contributed by atoms with Crippen LogP contribution in [0.15, 0.2) is 53.0 Å². The van der Waals surface area contributed by atoms with Gasteiger partial charge in [-0.1, -0.05) is 67.4 Å². The number of amides is 3. The monoisotopic (exact) mass is 469 g/mol. The Balaban J connectivity index is 1.67. The highest BCUT2D eigenvalue weighted by atomic mass is 32.2. The molecule has 1 unspecified atom stereocenters. The lowest BCUT2D eigenvalue weighted by atomic mass is 9.95. The van der Waals surface area contributed by atoms with E-state index in [1.807, 2.05) is 36.4 Å². The molecule has 0 spiro atoms. The van der Waals surface area contributed by atoms with Gasteiger partial charge in [-0.2, -0.15) is 0 Å². The van der Waals surface area contributed by atoms with Gasteiger partial charge in [-0.3, -0.25) is 10.1 Å². The number of carbonyl (C=O) groups excluding carboxylic acids is 2. The molecule has 3 aromatic rings. The third kappa shape index (κ3) is 5.39. The third-order valence-electron chi connectivity index (χ3n) is 5.61. The van der Waals surface area contributed by atoms with Gasteiger partial charge in [0, 0.05) is 24.4 Å². The zero-order chi connectivity index (χ0) is 22.3. The molecule has 1 fully saturated rings. The maximum Gasteiger partial charge on any atom is 0.321 e. The molecular weight excluding hydrogens is 442 g/mol. The molecule has 32 heavy (non-hydrogen) atoms. The second kappa shape index (κ2) is 10.8. The molecule has 9 heteroatoms. The summed E-state index contributed by atoms with van der Waals surface area (Å²) in [4.78, 5) is 26.1. The zero-order valence-electron chi connectivity index (χ0n) is 18.0. The van der Waals surface area contributed by atoms with E-state index in [2.05, 4.69) is 36.8 Å². The number of imide groups is 1. The quantitative estimate of drug-likeness (QED) is 0.489. The number of rotatable bonds is 7. The van der Waals surface area contributed by atoms with Gasteiger partial charge in [-0.15, -0.1) is 21.5 Å². The van der Waals surface area contributed by atoms with Gasteiger partial charge in [0.25, 0.3) is 0 Å². The van der Waals surface area contributed by atoms with Crippen LogP contribution in [0.3, 0.4) is 0 Å². The molecule has 4 rings (SSSR count). The molecule has 1 aromatic carbocycles. The van der Waals surface area contributed by atoms with Crippen LogP contribution >= 0.6 is 23.1 Å². The van der Waals surface area contributed by atoms with Crippen LogP contribution < -0.4 is 10.6 Å². The van der Waals surface area contributed by atoms with Crippen LogP contribution in [0.2, 0.25) is 0 Å². The summed E-state index contributed by atoms with van der Waals surface area (Å²) < 4.78 is 2.24. The predicted molar refractivity (Wildman–Crippen MR) is 127 cm³/mol. The lowest BCUT2D eigenvalue weighted by Gasteiger charge is -2.26. The van der Waals surface area contributed by atoms with E-state index < -0.39 is 11.3 Å². The fourth-order valence-electron chi connectivity index (χ4n) is 4.03. The number of nitrogens with one attached hydrogen (secondary N) is 2. The van der Waals surface area contributed by atoms with E-state index >= 15 is 0 Å². The summed E-state index contributed by atoms with van der Waals surface area (Å²) in [5.74, 6) is 0.555. The zero-order valence-corrected chi connectivity index (χ0v) is 19.6. The fourth-order valence-corrected chi connectivity index (χ4v) is 5.86. The van der Waals surface area contributed by atoms with Gasteiger partial charge in [0.05, 0.1) is 0 Å². The van der Waals surface area contributed by atoms with Gasteiger partial charge < -0.3 is 9.88 Å². The molecule has 2 aromatic heterocycles. The highest BCUT2D eigenvalue weighted by molar-refractivity contribution is 8.00. The van der Waals surface area contributed by atoms with Crippen molar-refractivity contribution in [3.05, 3.63) is 64.1 Å². The molecule has 168 valence electrons. The topological polar surface area (TPSA) is 88.9 Å². The van der Waals surface area contributed by atoms with Crippen LogP contribution in [0, 0.1) is 0 Å². The second-order valence-corrected chi connectivity index (χ2v) is 9.90. The van der Waals surface area contributed by atoms with Crippen molar-refractivity contribution in [3.63, 3.8) is 0 Å². The number of thiophene rings is 1. The van der Waals surface area contributed by atoms with Crippen LogP contribution in [0.1, 0.15) is 59.7 Å². The van der Waals surface area contributed by atoms with Gasteiger partial charge >= 0.3 is 6.03 Å². The average Bonchev–Trinajstić information content (AvgIpc) is 3.48. The molecule has 0 saturated heterocycles. The van der Waals surface area contributed by atoms with Crippen LogP contribution in [-0.2, 0) is 11.2 Å². The number of urea groups is 1. The van der Waals surface area contributed by atoms with E-state index in [0.717, 1.165) is 35.8 Å². The van der Waals surface area contributed by atoms with Crippen LogP contribution in [0.4, 0.5) is 4.79 Å². The summed E-state index contributed by atoms with van der Waals surface area (Å²) in [5, 5.41) is 16.1. The molecule has 0 aliphatic heterocycles. The highest BCUT2D eigenvalue weighted by Gasteiger charge is 2.29. The van der Waals surface area contributed by atoms with Crippen molar-refractivity contribution >= 4 is 35.0 Å². The summed E-state index contributed by atoms with van der Waals surface area (Å²) >= 11 is 3.07. The van der Waals surface area contributed by atoms with Crippen molar-refractivity contribution < 1.29 is 9.59 Å². The number of thioether (sulfide) groups is 1. The molecule has 1 aliphatic carbocycles. The van der Waals surface area contributed by atoms with Crippen LogP contribution in [0.5, 0.6) is 0 Å². The van der Waals surface area contributed by atoms with Crippen molar-refractivity contribution in [1.82, 2.24) is 25.4 Å². The Morgan fingerprint density at radius 3 is 2.59 bits per heavy atom. The Kier molecular flexibility index (Phi) is 7.59. The molecule has 2 heterocycles. The van der Waals surface area contributed by atoms with E-state index in [0.29, 0.717) is 6.04 Å². The molecule has 0 radical (unpaired) electrons. The van der Waals surface area contributed by atoms with Crippen LogP contribution in [-0.4, -0.2) is 33.8 Å². The van der Waals surface area contributed by atoms with Gasteiger partial charge in [0.1, 0.15) is 11.1 Å². The third-order valence-corrected chi connectivity index (χ3v) is 7.70. The minimum absolute atomic E-state index is 0.328. The fraction of sp³-hybridized carbons (Fsp3) is 0.391. The summed E-state index contributed by atoms with van der Waals surface area (Å²) in [5.41, 5.74) is 0.817. The largest absolute Gasteiger partial charge is 0.341 e. The molecule has 1 saturated carbocycles. The molecule has 1 atom stereocenters.